The molecule has 2 aromatic rings. The fourth-order valence-corrected chi connectivity index (χ4v) is 3.51. The van der Waals surface area contributed by atoms with Crippen molar-refractivity contribution in [3.63, 3.8) is 0 Å². The van der Waals surface area contributed by atoms with Crippen molar-refractivity contribution in [2.45, 2.75) is 27.7 Å². The Morgan fingerprint density at radius 2 is 1.72 bits per heavy atom. The molecular weight excluding hydrogens is 368 g/mol. The van der Waals surface area contributed by atoms with E-state index < -0.39 is 0 Å². The van der Waals surface area contributed by atoms with Gasteiger partial charge in [-0.05, 0) is 48.6 Å². The molecule has 0 unspecified atom stereocenters. The monoisotopic (exact) mass is 392 g/mol. The highest BCUT2D eigenvalue weighted by Crippen LogP contribution is 2.37. The van der Waals surface area contributed by atoms with E-state index in [0.717, 1.165) is 16.7 Å². The molecule has 2 aliphatic rings. The molecule has 0 aromatic heterocycles. The zero-order chi connectivity index (χ0) is 20.7. The van der Waals surface area contributed by atoms with E-state index in [1.165, 1.54) is 4.90 Å². The molecule has 2 aliphatic heterocycles. The van der Waals surface area contributed by atoms with Crippen LogP contribution in [0.5, 0.6) is 11.5 Å². The third-order valence-electron chi connectivity index (χ3n) is 5.15. The van der Waals surface area contributed by atoms with E-state index in [2.05, 4.69) is 5.32 Å². The third kappa shape index (κ3) is 3.46. The lowest BCUT2D eigenvalue weighted by Gasteiger charge is -2.17. The molecule has 0 radical (unpaired) electrons. The lowest BCUT2D eigenvalue weighted by atomic mass is 9.99. The average Bonchev–Trinajstić information content (AvgIpc) is 3.22. The summed E-state index contributed by atoms with van der Waals surface area (Å²) in [5, 5.41) is 3.17. The minimum atomic E-state index is -0.311. The largest absolute Gasteiger partial charge is 0.454 e. The van der Waals surface area contributed by atoms with Crippen molar-refractivity contribution < 1.29 is 19.1 Å². The summed E-state index contributed by atoms with van der Waals surface area (Å²) in [6, 6.07) is 11.2. The zero-order valence-corrected chi connectivity index (χ0v) is 17.0. The fourth-order valence-electron chi connectivity index (χ4n) is 3.51. The number of nitrogens with zero attached hydrogens (tertiary/aromatic N) is 1. The number of benzene rings is 2. The van der Waals surface area contributed by atoms with Gasteiger partial charge in [0.15, 0.2) is 11.5 Å². The molecule has 4 rings (SSSR count). The molecule has 6 heteroatoms. The van der Waals surface area contributed by atoms with Gasteiger partial charge in [-0.15, -0.1) is 0 Å². The molecule has 0 aliphatic carbocycles. The molecule has 0 fully saturated rings. The number of ether oxygens (including phenoxy) is 2. The molecule has 0 bridgehead atoms. The maximum Gasteiger partial charge on any atom is 0.278 e. The summed E-state index contributed by atoms with van der Waals surface area (Å²) in [4.78, 5) is 27.7. The van der Waals surface area contributed by atoms with E-state index in [1.54, 1.807) is 18.2 Å². The number of nitrogens with one attached hydrogen (secondary N) is 1. The average molecular weight is 392 g/mol. The van der Waals surface area contributed by atoms with Crippen LogP contribution in [0.15, 0.2) is 42.1 Å². The van der Waals surface area contributed by atoms with E-state index in [1.807, 2.05) is 45.9 Å². The Morgan fingerprint density at radius 1 is 0.966 bits per heavy atom. The van der Waals surface area contributed by atoms with Crippen LogP contribution in [0.2, 0.25) is 0 Å². The van der Waals surface area contributed by atoms with Crippen molar-refractivity contribution in [2.75, 3.05) is 18.7 Å². The van der Waals surface area contributed by atoms with Crippen LogP contribution >= 0.6 is 0 Å². The second kappa shape index (κ2) is 7.28. The van der Waals surface area contributed by atoms with Crippen molar-refractivity contribution in [3.8, 4) is 11.5 Å². The number of carbonyl (C=O) groups excluding carboxylic acids is 2. The highest BCUT2D eigenvalue weighted by Gasteiger charge is 2.39. The van der Waals surface area contributed by atoms with E-state index in [0.29, 0.717) is 29.3 Å². The Hall–Kier alpha value is -3.28. The van der Waals surface area contributed by atoms with Crippen LogP contribution < -0.4 is 14.8 Å². The van der Waals surface area contributed by atoms with Gasteiger partial charge in [-0.1, -0.05) is 32.0 Å². The highest BCUT2D eigenvalue weighted by molar-refractivity contribution is 6.36. The van der Waals surface area contributed by atoms with Gasteiger partial charge in [0, 0.05) is 18.3 Å². The van der Waals surface area contributed by atoms with E-state index in [9.17, 15) is 9.59 Å². The molecule has 2 aromatic carbocycles. The Morgan fingerprint density at radius 3 is 2.45 bits per heavy atom. The van der Waals surface area contributed by atoms with Crippen LogP contribution in [0.4, 0.5) is 5.69 Å². The lowest BCUT2D eigenvalue weighted by Crippen LogP contribution is -2.35. The third-order valence-corrected chi connectivity index (χ3v) is 5.15. The van der Waals surface area contributed by atoms with Crippen LogP contribution in [0.3, 0.4) is 0 Å². The predicted octanol–water partition coefficient (Wildman–Crippen LogP) is 3.88. The number of hydrogen-bond donors (Lipinski definition) is 1. The summed E-state index contributed by atoms with van der Waals surface area (Å²) < 4.78 is 10.8. The fraction of sp³-hybridized carbons (Fsp3) is 0.304. The summed E-state index contributed by atoms with van der Waals surface area (Å²) in [5.74, 6) is 0.867. The SMILES string of the molecule is Cc1ccc(C2=C(Nc3ccc4c(c3)OCO4)C(=O)N(CC(C)C)C2=O)cc1C. The first kappa shape index (κ1) is 19.1. The number of carbonyl (C=O) groups is 2. The predicted molar refractivity (Wildman–Crippen MR) is 111 cm³/mol. The second-order valence-corrected chi connectivity index (χ2v) is 7.86. The number of aryl methyl sites for hydroxylation is 2. The summed E-state index contributed by atoms with van der Waals surface area (Å²) >= 11 is 0. The van der Waals surface area contributed by atoms with Gasteiger partial charge < -0.3 is 14.8 Å². The van der Waals surface area contributed by atoms with Crippen molar-refractivity contribution >= 4 is 23.1 Å². The number of rotatable bonds is 5. The van der Waals surface area contributed by atoms with Crippen molar-refractivity contribution in [1.29, 1.82) is 0 Å². The molecule has 150 valence electrons. The van der Waals surface area contributed by atoms with Crippen LogP contribution in [0.25, 0.3) is 5.57 Å². The first-order chi connectivity index (χ1) is 13.8. The molecule has 6 nitrogen and oxygen atoms in total. The molecule has 0 atom stereocenters. The number of amides is 2. The summed E-state index contributed by atoms with van der Waals surface area (Å²) in [5.41, 5.74) is 4.30. The van der Waals surface area contributed by atoms with E-state index in [4.69, 9.17) is 9.47 Å². The number of hydrogen-bond acceptors (Lipinski definition) is 5. The molecule has 0 saturated carbocycles. The Kier molecular flexibility index (Phi) is 4.78. The van der Waals surface area contributed by atoms with Gasteiger partial charge in [0.1, 0.15) is 5.70 Å². The van der Waals surface area contributed by atoms with Gasteiger partial charge in [0.2, 0.25) is 6.79 Å². The maximum atomic E-state index is 13.2. The molecule has 1 N–H and O–H groups in total. The molecule has 2 amide bonds. The normalized spacial score (nSPS) is 15.7. The van der Waals surface area contributed by atoms with Crippen molar-refractivity contribution in [2.24, 2.45) is 5.92 Å². The topological polar surface area (TPSA) is 67.9 Å². The van der Waals surface area contributed by atoms with Crippen LogP contribution in [0.1, 0.15) is 30.5 Å². The minimum absolute atomic E-state index is 0.175. The Bertz CT molecular complexity index is 1040. The van der Waals surface area contributed by atoms with Crippen LogP contribution in [-0.4, -0.2) is 30.1 Å². The van der Waals surface area contributed by atoms with E-state index in [-0.39, 0.29) is 30.2 Å². The summed E-state index contributed by atoms with van der Waals surface area (Å²) in [6.45, 7) is 8.54. The quantitative estimate of drug-likeness (QED) is 0.782. The standard InChI is InChI=1S/C23H24N2O4/c1-13(2)11-25-22(26)20(16-6-5-14(3)15(4)9-16)21(23(25)27)24-17-7-8-18-19(10-17)29-12-28-18/h5-10,13,24H,11-12H2,1-4H3. The Balaban J connectivity index is 1.77. The minimum Gasteiger partial charge on any atom is -0.454 e. The first-order valence-corrected chi connectivity index (χ1v) is 9.70. The molecule has 0 spiro atoms. The van der Waals surface area contributed by atoms with Gasteiger partial charge in [-0.2, -0.15) is 0 Å². The van der Waals surface area contributed by atoms with Gasteiger partial charge in [-0.3, -0.25) is 14.5 Å². The lowest BCUT2D eigenvalue weighted by molar-refractivity contribution is -0.137. The van der Waals surface area contributed by atoms with Crippen LogP contribution in [0, 0.1) is 19.8 Å². The summed E-state index contributed by atoms with van der Waals surface area (Å²) in [6.07, 6.45) is 0. The maximum absolute atomic E-state index is 13.2. The number of fused-ring (bicyclic) bond motifs is 1. The van der Waals surface area contributed by atoms with Crippen LogP contribution in [-0.2, 0) is 9.59 Å². The van der Waals surface area contributed by atoms with Crippen molar-refractivity contribution in [1.82, 2.24) is 4.90 Å². The summed E-state index contributed by atoms with van der Waals surface area (Å²) in [7, 11) is 0. The molecule has 29 heavy (non-hydrogen) atoms. The number of anilines is 1. The second-order valence-electron chi connectivity index (χ2n) is 7.86. The zero-order valence-electron chi connectivity index (χ0n) is 17.0. The molecule has 2 heterocycles. The van der Waals surface area contributed by atoms with Gasteiger partial charge in [-0.25, -0.2) is 0 Å². The van der Waals surface area contributed by atoms with Gasteiger partial charge >= 0.3 is 0 Å². The van der Waals surface area contributed by atoms with Gasteiger partial charge in [0.25, 0.3) is 11.8 Å². The van der Waals surface area contributed by atoms with E-state index >= 15 is 0 Å². The van der Waals surface area contributed by atoms with Crippen molar-refractivity contribution in [3.05, 3.63) is 58.8 Å². The highest BCUT2D eigenvalue weighted by atomic mass is 16.7. The molecule has 0 saturated heterocycles. The molecular formula is C23H24N2O4. The smallest absolute Gasteiger partial charge is 0.278 e. The Labute approximate surface area is 170 Å². The first-order valence-electron chi connectivity index (χ1n) is 9.70. The van der Waals surface area contributed by atoms with Gasteiger partial charge in [0.05, 0.1) is 5.57 Å². The number of imide groups is 1.